The summed E-state index contributed by atoms with van der Waals surface area (Å²) in [4.78, 5) is 5.09. The maximum atomic E-state index is 5.09. The molecular formula is C38H58N2. The van der Waals surface area contributed by atoms with E-state index in [9.17, 15) is 0 Å². The third kappa shape index (κ3) is 14.3. The lowest BCUT2D eigenvalue weighted by Gasteiger charge is -2.08. The number of aromatic nitrogens is 2. The van der Waals surface area contributed by atoms with E-state index in [2.05, 4.69) is 78.4 Å². The molecule has 3 aromatic rings. The van der Waals surface area contributed by atoms with Crippen LogP contribution in [0.4, 0.5) is 0 Å². The molecule has 1 aromatic heterocycles. The average Bonchev–Trinajstić information content (AvgIpc) is 3.36. The van der Waals surface area contributed by atoms with Crippen molar-refractivity contribution in [2.45, 2.75) is 148 Å². The predicted octanol–water partition coefficient (Wildman–Crippen LogP) is 11.3. The lowest BCUT2D eigenvalue weighted by Crippen LogP contribution is -2.04. The number of benzene rings is 2. The SMILES string of the molecule is CCCCCCCCCCCCCCCCCCCn1cc(CCCc2ccccc2)nc1Cc1ccccc1. The van der Waals surface area contributed by atoms with E-state index >= 15 is 0 Å². The van der Waals surface area contributed by atoms with Crippen molar-refractivity contribution in [3.8, 4) is 0 Å². The molecule has 0 atom stereocenters. The number of nitrogens with zero attached hydrogens (tertiary/aromatic N) is 2. The molecule has 0 radical (unpaired) electrons. The Labute approximate surface area is 247 Å². The molecule has 2 heteroatoms. The fourth-order valence-corrected chi connectivity index (χ4v) is 5.87. The van der Waals surface area contributed by atoms with Crippen molar-refractivity contribution < 1.29 is 0 Å². The number of imidazole rings is 1. The van der Waals surface area contributed by atoms with Gasteiger partial charge in [0.1, 0.15) is 5.82 Å². The van der Waals surface area contributed by atoms with E-state index in [-0.39, 0.29) is 0 Å². The van der Waals surface area contributed by atoms with Crippen LogP contribution >= 0.6 is 0 Å². The van der Waals surface area contributed by atoms with Crippen LogP contribution in [-0.2, 0) is 25.8 Å². The van der Waals surface area contributed by atoms with Crippen molar-refractivity contribution in [3.05, 3.63) is 89.5 Å². The van der Waals surface area contributed by atoms with Crippen LogP contribution in [0.3, 0.4) is 0 Å². The van der Waals surface area contributed by atoms with Gasteiger partial charge in [0, 0.05) is 19.2 Å². The molecular weight excluding hydrogens is 484 g/mol. The Hall–Kier alpha value is -2.35. The molecule has 0 saturated carbocycles. The molecule has 0 saturated heterocycles. The molecule has 0 fully saturated rings. The zero-order valence-corrected chi connectivity index (χ0v) is 25.8. The molecule has 2 nitrogen and oxygen atoms in total. The highest BCUT2D eigenvalue weighted by Crippen LogP contribution is 2.17. The summed E-state index contributed by atoms with van der Waals surface area (Å²) in [5.74, 6) is 1.23. The first-order chi connectivity index (χ1) is 19.8. The average molecular weight is 543 g/mol. The first kappa shape index (κ1) is 32.2. The first-order valence-electron chi connectivity index (χ1n) is 17.0. The predicted molar refractivity (Wildman–Crippen MR) is 174 cm³/mol. The highest BCUT2D eigenvalue weighted by Gasteiger charge is 2.09. The number of rotatable bonds is 24. The third-order valence-electron chi connectivity index (χ3n) is 8.36. The largest absolute Gasteiger partial charge is 0.334 e. The summed E-state index contributed by atoms with van der Waals surface area (Å²) in [5, 5.41) is 0. The summed E-state index contributed by atoms with van der Waals surface area (Å²) in [6.45, 7) is 3.40. The van der Waals surface area contributed by atoms with Crippen molar-refractivity contribution in [2.75, 3.05) is 0 Å². The molecule has 220 valence electrons. The van der Waals surface area contributed by atoms with E-state index in [0.29, 0.717) is 0 Å². The van der Waals surface area contributed by atoms with Crippen molar-refractivity contribution in [3.63, 3.8) is 0 Å². The number of hydrogen-bond acceptors (Lipinski definition) is 1. The van der Waals surface area contributed by atoms with Crippen LogP contribution in [0.25, 0.3) is 0 Å². The molecule has 0 amide bonds. The van der Waals surface area contributed by atoms with Crippen LogP contribution in [0.1, 0.15) is 145 Å². The van der Waals surface area contributed by atoms with Gasteiger partial charge < -0.3 is 4.57 Å². The third-order valence-corrected chi connectivity index (χ3v) is 8.36. The van der Waals surface area contributed by atoms with E-state index < -0.39 is 0 Å². The number of hydrogen-bond donors (Lipinski definition) is 0. The second-order valence-corrected chi connectivity index (χ2v) is 12.0. The Kier molecular flexibility index (Phi) is 17.2. The molecule has 1 heterocycles. The van der Waals surface area contributed by atoms with E-state index in [1.54, 1.807) is 0 Å². The van der Waals surface area contributed by atoms with Crippen LogP contribution in [-0.4, -0.2) is 9.55 Å². The second kappa shape index (κ2) is 21.4. The lowest BCUT2D eigenvalue weighted by atomic mass is 10.0. The fraction of sp³-hybridized carbons (Fsp3) is 0.605. The molecule has 0 bridgehead atoms. The molecule has 0 aliphatic carbocycles. The molecule has 0 unspecified atom stereocenters. The maximum absolute atomic E-state index is 5.09. The van der Waals surface area contributed by atoms with Crippen LogP contribution in [0.5, 0.6) is 0 Å². The van der Waals surface area contributed by atoms with Crippen LogP contribution in [0.2, 0.25) is 0 Å². The Morgan fingerprint density at radius 2 is 0.975 bits per heavy atom. The Morgan fingerprint density at radius 1 is 0.500 bits per heavy atom. The van der Waals surface area contributed by atoms with E-state index in [4.69, 9.17) is 4.98 Å². The minimum absolute atomic E-state index is 0.929. The highest BCUT2D eigenvalue weighted by atomic mass is 15.1. The van der Waals surface area contributed by atoms with Gasteiger partial charge in [-0.05, 0) is 36.8 Å². The molecule has 0 aliphatic rings. The summed E-state index contributed by atoms with van der Waals surface area (Å²) in [5.41, 5.74) is 4.04. The van der Waals surface area contributed by atoms with E-state index in [1.165, 1.54) is 132 Å². The van der Waals surface area contributed by atoms with Gasteiger partial charge in [-0.25, -0.2) is 4.98 Å². The van der Waals surface area contributed by atoms with Gasteiger partial charge in [0.25, 0.3) is 0 Å². The van der Waals surface area contributed by atoms with Gasteiger partial charge in [0.15, 0.2) is 0 Å². The molecule has 2 aromatic carbocycles. The van der Waals surface area contributed by atoms with Gasteiger partial charge >= 0.3 is 0 Å². The van der Waals surface area contributed by atoms with Gasteiger partial charge in [0.2, 0.25) is 0 Å². The molecule has 0 spiro atoms. The zero-order valence-electron chi connectivity index (χ0n) is 25.8. The molecule has 0 aliphatic heterocycles. The summed E-state index contributed by atoms with van der Waals surface area (Å²) in [7, 11) is 0. The summed E-state index contributed by atoms with van der Waals surface area (Å²) in [6, 6.07) is 21.7. The normalized spacial score (nSPS) is 11.3. The summed E-state index contributed by atoms with van der Waals surface area (Å²) < 4.78 is 2.45. The monoisotopic (exact) mass is 542 g/mol. The lowest BCUT2D eigenvalue weighted by molar-refractivity contribution is 0.517. The van der Waals surface area contributed by atoms with E-state index in [0.717, 1.165) is 32.2 Å². The van der Waals surface area contributed by atoms with Crippen molar-refractivity contribution >= 4 is 0 Å². The standard InChI is InChI=1S/C38H58N2/c1-2-3-4-5-6-7-8-9-10-11-12-13-14-15-16-17-24-32-40-34-37(31-25-30-35-26-20-18-21-27-35)39-38(40)33-36-28-22-19-23-29-36/h18-23,26-29,34H,2-17,24-25,30-33H2,1H3. The zero-order chi connectivity index (χ0) is 27.9. The Morgan fingerprint density at radius 3 is 1.50 bits per heavy atom. The summed E-state index contributed by atoms with van der Waals surface area (Å²) >= 11 is 0. The van der Waals surface area contributed by atoms with Gasteiger partial charge in [-0.15, -0.1) is 0 Å². The number of unbranched alkanes of at least 4 members (excludes halogenated alkanes) is 16. The van der Waals surface area contributed by atoms with Crippen LogP contribution < -0.4 is 0 Å². The molecule has 0 N–H and O–H groups in total. The van der Waals surface area contributed by atoms with Gasteiger partial charge in [-0.1, -0.05) is 170 Å². The van der Waals surface area contributed by atoms with Crippen LogP contribution in [0.15, 0.2) is 66.9 Å². The van der Waals surface area contributed by atoms with Gasteiger partial charge in [-0.2, -0.15) is 0 Å². The van der Waals surface area contributed by atoms with Crippen LogP contribution in [0, 0.1) is 0 Å². The van der Waals surface area contributed by atoms with Crippen molar-refractivity contribution in [1.29, 1.82) is 0 Å². The molecule has 3 rings (SSSR count). The summed E-state index contributed by atoms with van der Waals surface area (Å²) in [6.07, 6.45) is 30.8. The fourth-order valence-electron chi connectivity index (χ4n) is 5.87. The minimum atomic E-state index is 0.929. The topological polar surface area (TPSA) is 17.8 Å². The smallest absolute Gasteiger partial charge is 0.113 e. The van der Waals surface area contributed by atoms with Crippen molar-refractivity contribution in [2.24, 2.45) is 0 Å². The highest BCUT2D eigenvalue weighted by molar-refractivity contribution is 5.21. The first-order valence-corrected chi connectivity index (χ1v) is 17.0. The Bertz CT molecular complexity index is 975. The Balaban J connectivity index is 1.26. The van der Waals surface area contributed by atoms with Gasteiger partial charge in [-0.3, -0.25) is 0 Å². The minimum Gasteiger partial charge on any atom is -0.334 e. The number of aryl methyl sites for hydroxylation is 3. The molecule has 40 heavy (non-hydrogen) atoms. The van der Waals surface area contributed by atoms with Crippen molar-refractivity contribution in [1.82, 2.24) is 9.55 Å². The quantitative estimate of drug-likeness (QED) is 0.103. The maximum Gasteiger partial charge on any atom is 0.113 e. The van der Waals surface area contributed by atoms with E-state index in [1.807, 2.05) is 0 Å². The van der Waals surface area contributed by atoms with Gasteiger partial charge in [0.05, 0.1) is 5.69 Å². The second-order valence-electron chi connectivity index (χ2n) is 12.0.